The van der Waals surface area contributed by atoms with Crippen LogP contribution < -0.4 is 15.4 Å². The van der Waals surface area contributed by atoms with Crippen molar-refractivity contribution >= 4 is 17.7 Å². The Morgan fingerprint density at radius 1 is 1.03 bits per heavy atom. The van der Waals surface area contributed by atoms with Gasteiger partial charge in [-0.25, -0.2) is 8.78 Å². The molecule has 5 rings (SSSR count). The van der Waals surface area contributed by atoms with Gasteiger partial charge in [-0.05, 0) is 55.5 Å². The van der Waals surface area contributed by atoms with Crippen LogP contribution in [0.15, 0.2) is 36.4 Å². The molecule has 1 aliphatic carbocycles. The third-order valence-corrected chi connectivity index (χ3v) is 7.05. The zero-order valence-electron chi connectivity index (χ0n) is 19.2. The molecule has 1 saturated carbocycles. The number of nitrogens with zero attached hydrogens (tertiary/aromatic N) is 1. The minimum Gasteiger partial charge on any atom is -0.489 e. The van der Waals surface area contributed by atoms with E-state index >= 15 is 0 Å². The summed E-state index contributed by atoms with van der Waals surface area (Å²) in [4.78, 5) is 38.1. The first kappa shape index (κ1) is 23.4. The lowest BCUT2D eigenvalue weighted by Crippen LogP contribution is -2.52. The Labute approximate surface area is 201 Å². The molecule has 35 heavy (non-hydrogen) atoms. The van der Waals surface area contributed by atoms with Crippen LogP contribution in [0.1, 0.15) is 60.0 Å². The van der Waals surface area contributed by atoms with E-state index in [1.165, 1.54) is 17.0 Å². The van der Waals surface area contributed by atoms with Crippen molar-refractivity contribution in [3.8, 4) is 5.75 Å². The summed E-state index contributed by atoms with van der Waals surface area (Å²) in [5.41, 5.74) is 1.72. The summed E-state index contributed by atoms with van der Waals surface area (Å²) in [6.07, 6.45) is 4.15. The fourth-order valence-electron chi connectivity index (χ4n) is 5.18. The highest BCUT2D eigenvalue weighted by atomic mass is 19.1. The molecule has 0 bridgehead atoms. The molecule has 0 aromatic heterocycles. The average molecular weight is 484 g/mol. The molecule has 1 saturated heterocycles. The molecule has 7 nitrogen and oxygen atoms in total. The number of hydrogen-bond acceptors (Lipinski definition) is 5. The molecule has 2 fully saturated rings. The quantitative estimate of drug-likeness (QED) is 0.617. The average Bonchev–Trinajstić information content (AvgIpc) is 3.15. The van der Waals surface area contributed by atoms with Gasteiger partial charge in [0, 0.05) is 42.7 Å². The topological polar surface area (TPSA) is 87.7 Å². The highest BCUT2D eigenvalue weighted by Crippen LogP contribution is 2.32. The molecule has 184 valence electrons. The Morgan fingerprint density at radius 2 is 1.86 bits per heavy atom. The minimum atomic E-state index is -0.657. The summed E-state index contributed by atoms with van der Waals surface area (Å²) in [7, 11) is 0. The smallest absolute Gasteiger partial charge is 0.255 e. The number of halogens is 2. The van der Waals surface area contributed by atoms with Crippen molar-refractivity contribution in [2.75, 3.05) is 0 Å². The van der Waals surface area contributed by atoms with E-state index in [1.807, 2.05) is 6.07 Å². The largest absolute Gasteiger partial charge is 0.489 e. The van der Waals surface area contributed by atoms with Crippen LogP contribution in [0, 0.1) is 11.6 Å². The molecule has 2 aromatic rings. The van der Waals surface area contributed by atoms with Crippen LogP contribution >= 0.6 is 0 Å². The fraction of sp³-hybridized carbons (Fsp3) is 0.423. The van der Waals surface area contributed by atoms with Gasteiger partial charge in [0.1, 0.15) is 29.5 Å². The van der Waals surface area contributed by atoms with Crippen molar-refractivity contribution in [2.45, 2.75) is 69.8 Å². The van der Waals surface area contributed by atoms with Crippen LogP contribution in [0.4, 0.5) is 8.78 Å². The van der Waals surface area contributed by atoms with E-state index in [0.29, 0.717) is 23.3 Å². The summed E-state index contributed by atoms with van der Waals surface area (Å²) in [5.74, 6) is -1.52. The van der Waals surface area contributed by atoms with Crippen LogP contribution in [-0.4, -0.2) is 40.8 Å². The van der Waals surface area contributed by atoms with E-state index in [-0.39, 0.29) is 43.5 Å². The van der Waals surface area contributed by atoms with E-state index in [0.717, 1.165) is 37.3 Å². The Hall–Kier alpha value is -3.33. The standard InChI is InChI=1S/C26H27F2N3O4/c27-17-6-5-15(20(28)12-17)13-29-21-3-1-2-4-23(21)35-18-7-8-19-16(11-18)14-31(26(19)34)22-9-10-24(32)30-25(22)33/h5-8,11-12,21-23,29H,1-4,9-10,13-14H2,(H,30,32,33)/t21-,22?,23+/m0/s1. The van der Waals surface area contributed by atoms with Crippen molar-refractivity contribution in [3.05, 3.63) is 64.7 Å². The highest BCUT2D eigenvalue weighted by Gasteiger charge is 2.39. The lowest BCUT2D eigenvalue weighted by Gasteiger charge is -2.33. The normalized spacial score (nSPS) is 24.3. The monoisotopic (exact) mass is 483 g/mol. The molecule has 3 atom stereocenters. The highest BCUT2D eigenvalue weighted by molar-refractivity contribution is 6.05. The Kier molecular flexibility index (Phi) is 6.51. The molecule has 0 radical (unpaired) electrons. The molecular weight excluding hydrogens is 456 g/mol. The summed E-state index contributed by atoms with van der Waals surface area (Å²) in [5, 5.41) is 5.67. The number of benzene rings is 2. The fourth-order valence-corrected chi connectivity index (χ4v) is 5.18. The van der Waals surface area contributed by atoms with Crippen molar-refractivity contribution in [3.63, 3.8) is 0 Å². The van der Waals surface area contributed by atoms with E-state index in [9.17, 15) is 23.2 Å². The van der Waals surface area contributed by atoms with Gasteiger partial charge in [-0.15, -0.1) is 0 Å². The van der Waals surface area contributed by atoms with Crippen molar-refractivity contribution in [1.82, 2.24) is 15.5 Å². The number of carbonyl (C=O) groups is 3. The van der Waals surface area contributed by atoms with Crippen LogP contribution in [0.5, 0.6) is 5.75 Å². The van der Waals surface area contributed by atoms with Crippen LogP contribution in [0.2, 0.25) is 0 Å². The third kappa shape index (κ3) is 4.91. The van der Waals surface area contributed by atoms with Crippen LogP contribution in [-0.2, 0) is 22.7 Å². The van der Waals surface area contributed by atoms with Gasteiger partial charge >= 0.3 is 0 Å². The van der Waals surface area contributed by atoms with Gasteiger partial charge in [0.15, 0.2) is 0 Å². The zero-order valence-corrected chi connectivity index (χ0v) is 19.2. The number of ether oxygens (including phenoxy) is 1. The molecule has 3 amide bonds. The molecule has 2 aliphatic heterocycles. The number of fused-ring (bicyclic) bond motifs is 1. The van der Waals surface area contributed by atoms with Gasteiger partial charge in [-0.2, -0.15) is 0 Å². The zero-order chi connectivity index (χ0) is 24.5. The maximum atomic E-state index is 14.0. The van der Waals surface area contributed by atoms with Crippen molar-refractivity contribution < 1.29 is 27.9 Å². The Bertz CT molecular complexity index is 1170. The van der Waals surface area contributed by atoms with E-state index in [2.05, 4.69) is 10.6 Å². The molecule has 1 unspecified atom stereocenters. The number of nitrogens with one attached hydrogen (secondary N) is 2. The van der Waals surface area contributed by atoms with Crippen LogP contribution in [0.3, 0.4) is 0 Å². The molecule has 3 aliphatic rings. The summed E-state index contributed by atoms with van der Waals surface area (Å²) in [6, 6.07) is 8.24. The maximum Gasteiger partial charge on any atom is 0.255 e. The lowest BCUT2D eigenvalue weighted by atomic mass is 9.92. The second-order valence-electron chi connectivity index (χ2n) is 9.38. The number of rotatable bonds is 6. The van der Waals surface area contributed by atoms with E-state index < -0.39 is 23.6 Å². The second-order valence-corrected chi connectivity index (χ2v) is 9.38. The number of carbonyl (C=O) groups excluding carboxylic acids is 3. The number of hydrogen-bond donors (Lipinski definition) is 2. The van der Waals surface area contributed by atoms with Gasteiger partial charge < -0.3 is 15.0 Å². The number of amides is 3. The molecular formula is C26H27F2N3O4. The molecule has 0 spiro atoms. The predicted molar refractivity (Wildman–Crippen MR) is 122 cm³/mol. The number of imide groups is 1. The molecule has 2 aromatic carbocycles. The Balaban J connectivity index is 1.25. The van der Waals surface area contributed by atoms with E-state index in [4.69, 9.17) is 4.74 Å². The SMILES string of the molecule is O=C1CCC(N2Cc3cc(O[C@@H]4CCCC[C@@H]4NCc4ccc(F)cc4F)ccc3C2=O)C(=O)N1. The Morgan fingerprint density at radius 3 is 2.66 bits per heavy atom. The second kappa shape index (κ2) is 9.73. The van der Waals surface area contributed by atoms with Gasteiger partial charge in [-0.1, -0.05) is 12.5 Å². The number of piperidine rings is 1. The predicted octanol–water partition coefficient (Wildman–Crippen LogP) is 3.21. The maximum absolute atomic E-state index is 14.0. The molecule has 2 heterocycles. The summed E-state index contributed by atoms with van der Waals surface area (Å²) in [6.45, 7) is 0.560. The summed E-state index contributed by atoms with van der Waals surface area (Å²) < 4.78 is 33.5. The van der Waals surface area contributed by atoms with Gasteiger partial charge in [-0.3, -0.25) is 19.7 Å². The van der Waals surface area contributed by atoms with Crippen LogP contribution in [0.25, 0.3) is 0 Å². The van der Waals surface area contributed by atoms with Crippen molar-refractivity contribution in [2.24, 2.45) is 0 Å². The van der Waals surface area contributed by atoms with E-state index in [1.54, 1.807) is 12.1 Å². The first-order chi connectivity index (χ1) is 16.9. The van der Waals surface area contributed by atoms with Crippen molar-refractivity contribution in [1.29, 1.82) is 0 Å². The lowest BCUT2D eigenvalue weighted by molar-refractivity contribution is -0.136. The van der Waals surface area contributed by atoms with Gasteiger partial charge in [0.2, 0.25) is 11.8 Å². The third-order valence-electron chi connectivity index (χ3n) is 7.05. The first-order valence-electron chi connectivity index (χ1n) is 12.0. The molecule has 2 N–H and O–H groups in total. The van der Waals surface area contributed by atoms with Gasteiger partial charge in [0.25, 0.3) is 5.91 Å². The molecule has 9 heteroatoms. The minimum absolute atomic E-state index is 0.00283. The first-order valence-corrected chi connectivity index (χ1v) is 12.0. The van der Waals surface area contributed by atoms with Gasteiger partial charge in [0.05, 0.1) is 0 Å². The summed E-state index contributed by atoms with van der Waals surface area (Å²) >= 11 is 0.